The van der Waals surface area contributed by atoms with Crippen molar-refractivity contribution in [3.63, 3.8) is 0 Å². The van der Waals surface area contributed by atoms with E-state index >= 15 is 0 Å². The van der Waals surface area contributed by atoms with Gasteiger partial charge >= 0.3 is 0 Å². The number of amides is 1. The third-order valence-electron chi connectivity index (χ3n) is 4.38. The van der Waals surface area contributed by atoms with Gasteiger partial charge in [0.05, 0.1) is 18.3 Å². The number of carbonyl (C=O) groups is 1. The number of rotatable bonds is 7. The number of hydrogen-bond acceptors (Lipinski definition) is 4. The summed E-state index contributed by atoms with van der Waals surface area (Å²) in [5.74, 6) is 0.533. The third-order valence-corrected chi connectivity index (χ3v) is 4.38. The number of ether oxygens (including phenoxy) is 2. The van der Waals surface area contributed by atoms with Gasteiger partial charge in [-0.15, -0.1) is 0 Å². The van der Waals surface area contributed by atoms with E-state index in [-0.39, 0.29) is 11.9 Å². The molecule has 0 radical (unpaired) electrons. The number of hydrogen-bond donors (Lipinski definition) is 1. The van der Waals surface area contributed by atoms with E-state index in [2.05, 4.69) is 21.2 Å². The van der Waals surface area contributed by atoms with Gasteiger partial charge in [0.1, 0.15) is 12.4 Å². The van der Waals surface area contributed by atoms with E-state index < -0.39 is 0 Å². The van der Waals surface area contributed by atoms with E-state index in [1.807, 2.05) is 19.1 Å². The van der Waals surface area contributed by atoms with Gasteiger partial charge in [0.15, 0.2) is 0 Å². The Labute approximate surface area is 148 Å². The molecule has 0 saturated heterocycles. The minimum Gasteiger partial charge on any atom is -0.491 e. The zero-order chi connectivity index (χ0) is 17.6. The molecule has 2 aromatic rings. The van der Waals surface area contributed by atoms with Crippen LogP contribution in [-0.4, -0.2) is 36.0 Å². The van der Waals surface area contributed by atoms with Crippen molar-refractivity contribution < 1.29 is 14.3 Å². The molecule has 1 aromatic heterocycles. The summed E-state index contributed by atoms with van der Waals surface area (Å²) >= 11 is 0. The lowest BCUT2D eigenvalue weighted by atomic mass is 10.1. The topological polar surface area (TPSA) is 65.4 Å². The molecule has 0 aliphatic carbocycles. The minimum atomic E-state index is -0.135. The molecule has 1 N–H and O–H groups in total. The van der Waals surface area contributed by atoms with Gasteiger partial charge in [0.2, 0.25) is 0 Å². The molecule has 2 heterocycles. The normalized spacial score (nSPS) is 14.6. The highest BCUT2D eigenvalue weighted by atomic mass is 16.5. The summed E-state index contributed by atoms with van der Waals surface area (Å²) in [6, 6.07) is 9.15. The Hall–Kier alpha value is -2.34. The Morgan fingerprint density at radius 1 is 1.32 bits per heavy atom. The van der Waals surface area contributed by atoms with Crippen LogP contribution in [0.5, 0.6) is 5.75 Å². The molecule has 1 unspecified atom stereocenters. The van der Waals surface area contributed by atoms with Crippen molar-refractivity contribution in [1.82, 2.24) is 15.1 Å². The van der Waals surface area contributed by atoms with Crippen molar-refractivity contribution in [2.75, 3.05) is 20.3 Å². The van der Waals surface area contributed by atoms with Crippen molar-refractivity contribution >= 4 is 5.91 Å². The first-order chi connectivity index (χ1) is 12.2. The molecule has 1 atom stereocenters. The van der Waals surface area contributed by atoms with E-state index in [1.165, 1.54) is 18.5 Å². The molecule has 1 aromatic carbocycles. The van der Waals surface area contributed by atoms with Crippen LogP contribution in [0.1, 0.15) is 47.6 Å². The summed E-state index contributed by atoms with van der Waals surface area (Å²) in [5, 5.41) is 7.65. The van der Waals surface area contributed by atoms with Gasteiger partial charge < -0.3 is 14.8 Å². The number of methoxy groups -OCH3 is 1. The van der Waals surface area contributed by atoms with E-state index in [0.29, 0.717) is 24.5 Å². The molecule has 6 nitrogen and oxygen atoms in total. The number of nitrogens with zero attached hydrogens (tertiary/aromatic N) is 2. The predicted octanol–water partition coefficient (Wildman–Crippen LogP) is 2.74. The molecule has 0 saturated carbocycles. The summed E-state index contributed by atoms with van der Waals surface area (Å²) in [6.45, 7) is 3.90. The standard InChI is InChI=1S/C19H25N3O3/c1-14(18-13-16-7-3-4-9-22(16)21-18)20-19(23)15-6-5-8-17(12-15)25-11-10-24-2/h5-6,8,12-14H,3-4,7,9-11H2,1-2H3,(H,20,23). The fraction of sp³-hybridized carbons (Fsp3) is 0.474. The number of fused-ring (bicyclic) bond motifs is 1. The monoisotopic (exact) mass is 343 g/mol. The molecule has 0 bridgehead atoms. The van der Waals surface area contributed by atoms with E-state index in [1.54, 1.807) is 19.2 Å². The zero-order valence-electron chi connectivity index (χ0n) is 14.8. The second-order valence-corrected chi connectivity index (χ2v) is 6.31. The van der Waals surface area contributed by atoms with Crippen LogP contribution in [0.3, 0.4) is 0 Å². The lowest BCUT2D eigenvalue weighted by Crippen LogP contribution is -2.27. The lowest BCUT2D eigenvalue weighted by molar-refractivity contribution is 0.0938. The molecule has 1 aliphatic rings. The van der Waals surface area contributed by atoms with Gasteiger partial charge in [-0.3, -0.25) is 9.48 Å². The molecular weight excluding hydrogens is 318 g/mol. The Morgan fingerprint density at radius 3 is 3.00 bits per heavy atom. The fourth-order valence-corrected chi connectivity index (χ4v) is 2.98. The van der Waals surface area contributed by atoms with Crippen molar-refractivity contribution in [2.24, 2.45) is 0 Å². The van der Waals surface area contributed by atoms with Gasteiger partial charge in [-0.25, -0.2) is 0 Å². The second-order valence-electron chi connectivity index (χ2n) is 6.31. The third kappa shape index (κ3) is 4.39. The van der Waals surface area contributed by atoms with Crippen LogP contribution >= 0.6 is 0 Å². The van der Waals surface area contributed by atoms with E-state index in [4.69, 9.17) is 9.47 Å². The van der Waals surface area contributed by atoms with Crippen molar-refractivity contribution in [3.8, 4) is 5.75 Å². The minimum absolute atomic E-state index is 0.129. The highest BCUT2D eigenvalue weighted by molar-refractivity contribution is 5.94. The molecule has 1 aliphatic heterocycles. The number of nitrogens with one attached hydrogen (secondary N) is 1. The molecule has 6 heteroatoms. The van der Waals surface area contributed by atoms with Crippen molar-refractivity contribution in [2.45, 2.75) is 38.8 Å². The molecule has 0 spiro atoms. The van der Waals surface area contributed by atoms with Crippen LogP contribution in [0.25, 0.3) is 0 Å². The van der Waals surface area contributed by atoms with Crippen LogP contribution in [-0.2, 0) is 17.7 Å². The van der Waals surface area contributed by atoms with Crippen LogP contribution < -0.4 is 10.1 Å². The maximum Gasteiger partial charge on any atom is 0.251 e. The molecule has 1 amide bonds. The van der Waals surface area contributed by atoms with E-state index in [0.717, 1.165) is 18.7 Å². The first kappa shape index (κ1) is 17.5. The Kier molecular flexibility index (Phi) is 5.71. The van der Waals surface area contributed by atoms with Crippen LogP contribution in [0.4, 0.5) is 0 Å². The maximum absolute atomic E-state index is 12.5. The summed E-state index contributed by atoms with van der Waals surface area (Å²) in [5.41, 5.74) is 2.75. The summed E-state index contributed by atoms with van der Waals surface area (Å²) < 4.78 is 12.6. The molecule has 134 valence electrons. The molecule has 3 rings (SSSR count). The van der Waals surface area contributed by atoms with Gasteiger partial charge in [-0.05, 0) is 50.5 Å². The average Bonchev–Trinajstić information content (AvgIpc) is 3.06. The quantitative estimate of drug-likeness (QED) is 0.785. The van der Waals surface area contributed by atoms with Crippen LogP contribution in [0.2, 0.25) is 0 Å². The smallest absolute Gasteiger partial charge is 0.251 e. The van der Waals surface area contributed by atoms with Crippen molar-refractivity contribution in [3.05, 3.63) is 47.3 Å². The first-order valence-corrected chi connectivity index (χ1v) is 8.76. The Balaban J connectivity index is 1.63. The van der Waals surface area contributed by atoms with Gasteiger partial charge in [0.25, 0.3) is 5.91 Å². The van der Waals surface area contributed by atoms with Crippen molar-refractivity contribution in [1.29, 1.82) is 0 Å². The van der Waals surface area contributed by atoms with E-state index in [9.17, 15) is 4.79 Å². The maximum atomic E-state index is 12.5. The second kappa shape index (κ2) is 8.16. The largest absolute Gasteiger partial charge is 0.491 e. The number of aromatic nitrogens is 2. The van der Waals surface area contributed by atoms with Gasteiger partial charge in [-0.1, -0.05) is 6.07 Å². The number of benzene rings is 1. The SMILES string of the molecule is COCCOc1cccc(C(=O)NC(C)c2cc3n(n2)CCCC3)c1. The molecule has 0 fully saturated rings. The summed E-state index contributed by atoms with van der Waals surface area (Å²) in [4.78, 5) is 12.5. The highest BCUT2D eigenvalue weighted by Crippen LogP contribution is 2.20. The molecule has 25 heavy (non-hydrogen) atoms. The fourth-order valence-electron chi connectivity index (χ4n) is 2.98. The van der Waals surface area contributed by atoms with Crippen LogP contribution in [0.15, 0.2) is 30.3 Å². The van der Waals surface area contributed by atoms with Gasteiger partial charge in [-0.2, -0.15) is 5.10 Å². The summed E-state index contributed by atoms with van der Waals surface area (Å²) in [6.07, 6.45) is 3.45. The van der Waals surface area contributed by atoms with Crippen LogP contribution in [0, 0.1) is 0 Å². The predicted molar refractivity (Wildman–Crippen MR) is 94.9 cm³/mol. The highest BCUT2D eigenvalue weighted by Gasteiger charge is 2.18. The average molecular weight is 343 g/mol. The zero-order valence-corrected chi connectivity index (χ0v) is 14.8. The van der Waals surface area contributed by atoms with Gasteiger partial charge in [0, 0.05) is 24.9 Å². The number of carbonyl (C=O) groups excluding carboxylic acids is 1. The number of aryl methyl sites for hydroxylation is 2. The lowest BCUT2D eigenvalue weighted by Gasteiger charge is -2.13. The Morgan fingerprint density at radius 2 is 2.20 bits per heavy atom. The summed E-state index contributed by atoms with van der Waals surface area (Å²) in [7, 11) is 1.63. The Bertz CT molecular complexity index is 703. The first-order valence-electron chi connectivity index (χ1n) is 8.76. The molecular formula is C19H25N3O3.